The van der Waals surface area contributed by atoms with E-state index >= 15 is 0 Å². The van der Waals surface area contributed by atoms with E-state index in [-0.39, 0.29) is 12.7 Å². The average Bonchev–Trinajstić information content (AvgIpc) is 2.82. The van der Waals surface area contributed by atoms with Crippen LogP contribution in [0.4, 0.5) is 0 Å². The van der Waals surface area contributed by atoms with E-state index < -0.39 is 0 Å². The van der Waals surface area contributed by atoms with Crippen molar-refractivity contribution >= 4 is 10.9 Å². The maximum Gasteiger partial charge on any atom is 0.231 e. The van der Waals surface area contributed by atoms with E-state index in [0.29, 0.717) is 6.54 Å². The molecule has 4 heteroatoms. The summed E-state index contributed by atoms with van der Waals surface area (Å²) in [7, 11) is 0. The third-order valence-electron chi connectivity index (χ3n) is 3.39. The molecule has 0 radical (unpaired) electrons. The lowest BCUT2D eigenvalue weighted by Crippen LogP contribution is -2.10. The Hall–Kier alpha value is -1.81. The van der Waals surface area contributed by atoms with Gasteiger partial charge in [-0.1, -0.05) is 6.92 Å². The Bertz CT molecular complexity index is 610. The summed E-state index contributed by atoms with van der Waals surface area (Å²) in [5, 5.41) is 1.10. The number of ether oxygens (including phenoxy) is 2. The van der Waals surface area contributed by atoms with Gasteiger partial charge in [0.05, 0.1) is 5.52 Å². The molecule has 3 rings (SSSR count). The topological polar surface area (TPSA) is 57.4 Å². The van der Waals surface area contributed by atoms with Crippen molar-refractivity contribution in [2.24, 2.45) is 5.73 Å². The highest BCUT2D eigenvalue weighted by atomic mass is 16.7. The van der Waals surface area contributed by atoms with Gasteiger partial charge in [0.2, 0.25) is 6.79 Å². The summed E-state index contributed by atoms with van der Waals surface area (Å²) in [5.74, 6) is 1.83. The van der Waals surface area contributed by atoms with Gasteiger partial charge in [0.25, 0.3) is 0 Å². The first-order chi connectivity index (χ1) is 8.69. The lowest BCUT2D eigenvalue weighted by molar-refractivity contribution is 0.174. The number of aromatic nitrogens is 1. The smallest absolute Gasteiger partial charge is 0.231 e. The second-order valence-electron chi connectivity index (χ2n) is 4.72. The summed E-state index contributed by atoms with van der Waals surface area (Å²) in [6.45, 7) is 5.05. The van der Waals surface area contributed by atoms with Crippen molar-refractivity contribution in [3.63, 3.8) is 0 Å². The number of fused-ring (bicyclic) bond motifs is 2. The van der Waals surface area contributed by atoms with Gasteiger partial charge in [0.1, 0.15) is 0 Å². The van der Waals surface area contributed by atoms with Crippen molar-refractivity contribution in [1.29, 1.82) is 0 Å². The van der Waals surface area contributed by atoms with E-state index in [2.05, 4.69) is 24.9 Å². The zero-order chi connectivity index (χ0) is 12.7. The maximum absolute atomic E-state index is 5.70. The Morgan fingerprint density at radius 2 is 2.00 bits per heavy atom. The monoisotopic (exact) mass is 244 g/mol. The van der Waals surface area contributed by atoms with Crippen molar-refractivity contribution in [2.45, 2.75) is 19.8 Å². The van der Waals surface area contributed by atoms with Gasteiger partial charge in [-0.25, -0.2) is 0 Å². The second-order valence-corrected chi connectivity index (χ2v) is 4.72. The van der Waals surface area contributed by atoms with E-state index in [1.807, 2.05) is 12.1 Å². The molecule has 94 valence electrons. The van der Waals surface area contributed by atoms with E-state index in [9.17, 15) is 0 Å². The number of aryl methyl sites for hydroxylation is 1. The standard InChI is InChI=1S/C14H16N2O2/c1-8-3-11(9(2)6-15)16-12-5-14-13(4-10(8)12)17-7-18-14/h3-5,9H,6-7,15H2,1-2H3. The van der Waals surface area contributed by atoms with Gasteiger partial charge in [0.15, 0.2) is 11.5 Å². The lowest BCUT2D eigenvalue weighted by Gasteiger charge is -2.11. The molecule has 2 N–H and O–H groups in total. The number of nitrogens with zero attached hydrogens (tertiary/aromatic N) is 1. The Balaban J connectivity index is 2.21. The summed E-state index contributed by atoms with van der Waals surface area (Å²) in [6, 6.07) is 6.04. The van der Waals surface area contributed by atoms with Crippen molar-refractivity contribution in [3.05, 3.63) is 29.5 Å². The van der Waals surface area contributed by atoms with Gasteiger partial charge < -0.3 is 15.2 Å². The molecule has 0 saturated carbocycles. The van der Waals surface area contributed by atoms with Crippen molar-refractivity contribution in [2.75, 3.05) is 13.3 Å². The molecule has 18 heavy (non-hydrogen) atoms. The minimum absolute atomic E-state index is 0.263. The van der Waals surface area contributed by atoms with Crippen LogP contribution in [0, 0.1) is 6.92 Å². The normalized spacial score (nSPS) is 15.1. The van der Waals surface area contributed by atoms with Crippen LogP contribution in [-0.4, -0.2) is 18.3 Å². The minimum atomic E-state index is 0.263. The molecule has 4 nitrogen and oxygen atoms in total. The molecule has 2 heterocycles. The molecule has 1 atom stereocenters. The largest absolute Gasteiger partial charge is 0.454 e. The first-order valence-electron chi connectivity index (χ1n) is 6.10. The number of hydrogen-bond donors (Lipinski definition) is 1. The van der Waals surface area contributed by atoms with Crippen LogP contribution in [-0.2, 0) is 0 Å². The van der Waals surface area contributed by atoms with Crippen LogP contribution in [0.2, 0.25) is 0 Å². The first-order valence-corrected chi connectivity index (χ1v) is 6.10. The van der Waals surface area contributed by atoms with Crippen molar-refractivity contribution in [1.82, 2.24) is 4.98 Å². The molecule has 2 aromatic rings. The molecule has 1 unspecified atom stereocenters. The highest BCUT2D eigenvalue weighted by molar-refractivity contribution is 5.86. The first kappa shape index (κ1) is 11.3. The summed E-state index contributed by atoms with van der Waals surface area (Å²) >= 11 is 0. The average molecular weight is 244 g/mol. The number of pyridine rings is 1. The van der Waals surface area contributed by atoms with E-state index in [1.165, 1.54) is 5.56 Å². The Labute approximate surface area is 106 Å². The van der Waals surface area contributed by atoms with Gasteiger partial charge in [-0.05, 0) is 24.6 Å². The lowest BCUT2D eigenvalue weighted by atomic mass is 10.0. The third kappa shape index (κ3) is 1.69. The summed E-state index contributed by atoms with van der Waals surface area (Å²) in [4.78, 5) is 4.67. The van der Waals surface area contributed by atoms with Gasteiger partial charge in [-0.3, -0.25) is 4.98 Å². The fraction of sp³-hybridized carbons (Fsp3) is 0.357. The number of rotatable bonds is 2. The molecule has 1 aromatic heterocycles. The molecule has 0 fully saturated rings. The number of nitrogens with two attached hydrogens (primary N) is 1. The van der Waals surface area contributed by atoms with Gasteiger partial charge >= 0.3 is 0 Å². The fourth-order valence-corrected chi connectivity index (χ4v) is 2.18. The molecule has 1 aliphatic heterocycles. The highest BCUT2D eigenvalue weighted by Gasteiger charge is 2.16. The fourth-order valence-electron chi connectivity index (χ4n) is 2.18. The molecule has 1 aliphatic rings. The Morgan fingerprint density at radius 3 is 2.72 bits per heavy atom. The summed E-state index contributed by atoms with van der Waals surface area (Å²) in [5.41, 5.74) is 8.86. The van der Waals surface area contributed by atoms with Gasteiger partial charge in [-0.2, -0.15) is 0 Å². The van der Waals surface area contributed by atoms with Crippen molar-refractivity contribution in [3.8, 4) is 11.5 Å². The molecule has 0 spiro atoms. The van der Waals surface area contributed by atoms with Crippen LogP contribution < -0.4 is 15.2 Å². The van der Waals surface area contributed by atoms with Crippen LogP contribution in [0.5, 0.6) is 11.5 Å². The van der Waals surface area contributed by atoms with E-state index in [4.69, 9.17) is 15.2 Å². The SMILES string of the molecule is Cc1cc(C(C)CN)nc2cc3c(cc12)OCO3. The van der Waals surface area contributed by atoms with E-state index in [0.717, 1.165) is 28.1 Å². The van der Waals surface area contributed by atoms with Crippen LogP contribution in [0.3, 0.4) is 0 Å². The van der Waals surface area contributed by atoms with Crippen LogP contribution >= 0.6 is 0 Å². The molecular weight excluding hydrogens is 228 g/mol. The van der Waals surface area contributed by atoms with Crippen molar-refractivity contribution < 1.29 is 9.47 Å². The van der Waals surface area contributed by atoms with Crippen LogP contribution in [0.1, 0.15) is 24.1 Å². The summed E-state index contributed by atoms with van der Waals surface area (Å²) in [6.07, 6.45) is 0. The Morgan fingerprint density at radius 1 is 1.28 bits per heavy atom. The minimum Gasteiger partial charge on any atom is -0.454 e. The number of benzene rings is 1. The second kappa shape index (κ2) is 4.14. The molecule has 1 aromatic carbocycles. The highest BCUT2D eigenvalue weighted by Crippen LogP contribution is 2.36. The Kier molecular flexibility index (Phi) is 2.59. The van der Waals surface area contributed by atoms with Gasteiger partial charge in [0, 0.05) is 29.6 Å². The van der Waals surface area contributed by atoms with E-state index in [1.54, 1.807) is 0 Å². The molecule has 0 aliphatic carbocycles. The predicted octanol–water partition coefficient (Wildman–Crippen LogP) is 2.33. The molecule has 0 bridgehead atoms. The maximum atomic E-state index is 5.70. The molecule has 0 saturated heterocycles. The molecular formula is C14H16N2O2. The predicted molar refractivity (Wildman–Crippen MR) is 70.1 cm³/mol. The zero-order valence-electron chi connectivity index (χ0n) is 10.6. The molecule has 0 amide bonds. The number of hydrogen-bond acceptors (Lipinski definition) is 4. The van der Waals surface area contributed by atoms with Crippen LogP contribution in [0.25, 0.3) is 10.9 Å². The quantitative estimate of drug-likeness (QED) is 0.880. The van der Waals surface area contributed by atoms with Crippen LogP contribution in [0.15, 0.2) is 18.2 Å². The zero-order valence-corrected chi connectivity index (χ0v) is 10.6. The third-order valence-corrected chi connectivity index (χ3v) is 3.39. The van der Waals surface area contributed by atoms with Gasteiger partial charge in [-0.15, -0.1) is 0 Å². The summed E-state index contributed by atoms with van der Waals surface area (Å²) < 4.78 is 10.8.